The van der Waals surface area contributed by atoms with E-state index in [-0.39, 0.29) is 22.0 Å². The van der Waals surface area contributed by atoms with Gasteiger partial charge in [0.25, 0.3) is 0 Å². The van der Waals surface area contributed by atoms with Crippen molar-refractivity contribution >= 4 is 29.5 Å². The van der Waals surface area contributed by atoms with Crippen molar-refractivity contribution in [1.29, 1.82) is 0 Å². The van der Waals surface area contributed by atoms with Crippen molar-refractivity contribution in [3.8, 4) is 5.69 Å². The largest absolute Gasteiger partial charge is 0.545 e. The number of nitrogens with zero attached hydrogens (tertiary/aromatic N) is 2. The molecule has 0 spiro atoms. The predicted octanol–water partition coefficient (Wildman–Crippen LogP) is 3.02. The molecule has 2 aromatic carbocycles. The highest BCUT2D eigenvalue weighted by Crippen LogP contribution is 2.46. The van der Waals surface area contributed by atoms with Crippen LogP contribution in [-0.2, 0) is 4.79 Å². The van der Waals surface area contributed by atoms with Crippen LogP contribution in [0, 0.1) is 13.8 Å². The molecule has 6 nitrogen and oxygen atoms in total. The molecule has 1 aliphatic rings. The number of anilines is 1. The fraction of sp³-hybridized carbons (Fsp3) is 0.227. The van der Waals surface area contributed by atoms with Gasteiger partial charge in [0.05, 0.1) is 27.9 Å². The minimum absolute atomic E-state index is 0.0848. The second-order valence-electron chi connectivity index (χ2n) is 7.15. The van der Waals surface area contributed by atoms with Crippen molar-refractivity contribution < 1.29 is 14.7 Å². The van der Waals surface area contributed by atoms with Crippen molar-refractivity contribution in [1.82, 2.24) is 9.78 Å². The van der Waals surface area contributed by atoms with Crippen LogP contribution in [0.1, 0.15) is 44.9 Å². The molecule has 3 aromatic rings. The van der Waals surface area contributed by atoms with Crippen LogP contribution >= 0.6 is 11.8 Å². The van der Waals surface area contributed by atoms with Crippen molar-refractivity contribution in [2.75, 3.05) is 5.32 Å². The standard InChI is InChI=1S/C22H21N3O3S/c1-12-4-10-17(11-5-12)25-20-18(13(2)24-25)19(29-14(3)21(26)23-20)15-6-8-16(9-7-15)22(27)28/h4-11,14,19H,1-3H3,(H,23,26)(H,27,28)/p-1/t14-,19+/m0/s1. The van der Waals surface area contributed by atoms with Gasteiger partial charge < -0.3 is 15.2 Å². The van der Waals surface area contributed by atoms with E-state index in [1.165, 1.54) is 23.9 Å². The van der Waals surface area contributed by atoms with Gasteiger partial charge in [-0.2, -0.15) is 5.10 Å². The number of aromatic nitrogens is 2. The zero-order chi connectivity index (χ0) is 20.7. The Labute approximate surface area is 172 Å². The third-order valence-corrected chi connectivity index (χ3v) is 6.45. The maximum atomic E-state index is 12.7. The van der Waals surface area contributed by atoms with Crippen LogP contribution in [0.5, 0.6) is 0 Å². The van der Waals surface area contributed by atoms with Crippen molar-refractivity contribution in [3.63, 3.8) is 0 Å². The number of fused-ring (bicyclic) bond motifs is 1. The van der Waals surface area contributed by atoms with Gasteiger partial charge in [-0.25, -0.2) is 4.68 Å². The molecule has 1 N–H and O–H groups in total. The van der Waals surface area contributed by atoms with E-state index in [0.717, 1.165) is 28.1 Å². The normalized spacial score (nSPS) is 18.7. The van der Waals surface area contributed by atoms with Gasteiger partial charge in [-0.05, 0) is 44.0 Å². The van der Waals surface area contributed by atoms with Crippen LogP contribution in [0.2, 0.25) is 0 Å². The van der Waals surface area contributed by atoms with Gasteiger partial charge in [0.15, 0.2) is 0 Å². The first kappa shape index (κ1) is 19.3. The minimum Gasteiger partial charge on any atom is -0.545 e. The molecule has 29 heavy (non-hydrogen) atoms. The lowest BCUT2D eigenvalue weighted by Gasteiger charge is -2.18. The molecular formula is C22H20N3O3S-. The van der Waals surface area contributed by atoms with Gasteiger partial charge in [0.2, 0.25) is 5.91 Å². The number of carbonyl (C=O) groups excluding carboxylic acids is 2. The quantitative estimate of drug-likeness (QED) is 0.722. The van der Waals surface area contributed by atoms with E-state index in [1.807, 2.05) is 45.0 Å². The fourth-order valence-electron chi connectivity index (χ4n) is 3.44. The Bertz CT molecular complexity index is 1090. The number of rotatable bonds is 3. The van der Waals surface area contributed by atoms with Crippen molar-refractivity contribution in [2.24, 2.45) is 0 Å². The number of aromatic carboxylic acids is 1. The van der Waals surface area contributed by atoms with E-state index in [2.05, 4.69) is 5.32 Å². The molecule has 0 unspecified atom stereocenters. The molecule has 0 saturated carbocycles. The molecule has 1 aromatic heterocycles. The summed E-state index contributed by atoms with van der Waals surface area (Å²) in [7, 11) is 0. The highest BCUT2D eigenvalue weighted by atomic mass is 32.2. The smallest absolute Gasteiger partial charge is 0.238 e. The van der Waals surface area contributed by atoms with Crippen LogP contribution in [0.4, 0.5) is 5.82 Å². The van der Waals surface area contributed by atoms with E-state index in [1.54, 1.807) is 16.8 Å². The number of carbonyl (C=O) groups is 2. The average Bonchev–Trinajstić information content (AvgIpc) is 2.94. The summed E-state index contributed by atoms with van der Waals surface area (Å²) in [5.41, 5.74) is 4.79. The Balaban J connectivity index is 1.86. The lowest BCUT2D eigenvalue weighted by molar-refractivity contribution is -0.255. The molecule has 2 atom stereocenters. The average molecular weight is 406 g/mol. The van der Waals surface area contributed by atoms with Crippen molar-refractivity contribution in [3.05, 3.63) is 76.5 Å². The third-order valence-electron chi connectivity index (χ3n) is 5.05. The zero-order valence-electron chi connectivity index (χ0n) is 16.3. The van der Waals surface area contributed by atoms with Gasteiger partial charge >= 0.3 is 0 Å². The summed E-state index contributed by atoms with van der Waals surface area (Å²) < 4.78 is 1.77. The molecule has 148 valence electrons. The summed E-state index contributed by atoms with van der Waals surface area (Å²) in [6.07, 6.45) is 0. The van der Waals surface area contributed by atoms with Crippen molar-refractivity contribution in [2.45, 2.75) is 31.3 Å². The molecule has 1 amide bonds. The van der Waals surface area contributed by atoms with Crippen LogP contribution in [0.25, 0.3) is 5.69 Å². The SMILES string of the molecule is Cc1ccc(-n2nc(C)c3c2NC(=O)[C@H](C)S[C@@H]3c2ccc(C(=O)[O-])cc2)cc1. The molecule has 0 bridgehead atoms. The number of amides is 1. The van der Waals surface area contributed by atoms with E-state index in [4.69, 9.17) is 5.10 Å². The van der Waals surface area contributed by atoms with E-state index in [9.17, 15) is 14.7 Å². The molecule has 0 radical (unpaired) electrons. The predicted molar refractivity (Wildman–Crippen MR) is 111 cm³/mol. The summed E-state index contributed by atoms with van der Waals surface area (Å²) in [6.45, 7) is 5.81. The summed E-state index contributed by atoms with van der Waals surface area (Å²) in [5, 5.41) is 18.4. The first-order valence-electron chi connectivity index (χ1n) is 9.29. The lowest BCUT2D eigenvalue weighted by Crippen LogP contribution is -2.22. The van der Waals surface area contributed by atoms with Crippen LogP contribution < -0.4 is 10.4 Å². The highest BCUT2D eigenvalue weighted by molar-refractivity contribution is 8.01. The van der Waals surface area contributed by atoms with Crippen LogP contribution in [0.3, 0.4) is 0 Å². The minimum atomic E-state index is -1.21. The second kappa shape index (κ2) is 7.40. The third kappa shape index (κ3) is 3.53. The second-order valence-corrected chi connectivity index (χ2v) is 8.60. The number of benzene rings is 2. The molecule has 7 heteroatoms. The Morgan fingerprint density at radius 3 is 2.38 bits per heavy atom. The topological polar surface area (TPSA) is 87.0 Å². The zero-order valence-corrected chi connectivity index (χ0v) is 17.1. The van der Waals surface area contributed by atoms with E-state index >= 15 is 0 Å². The monoisotopic (exact) mass is 406 g/mol. The summed E-state index contributed by atoms with van der Waals surface area (Å²) in [4.78, 5) is 23.8. The molecule has 1 aliphatic heterocycles. The molecule has 2 heterocycles. The molecule has 0 aliphatic carbocycles. The maximum absolute atomic E-state index is 12.7. The van der Waals surface area contributed by atoms with Gasteiger partial charge in [0.1, 0.15) is 5.82 Å². The first-order chi connectivity index (χ1) is 13.8. The van der Waals surface area contributed by atoms with Gasteiger partial charge in [-0.1, -0.05) is 42.0 Å². The summed E-state index contributed by atoms with van der Waals surface area (Å²) in [5.74, 6) is -0.639. The number of carboxylic acid groups (broad SMARTS) is 1. The van der Waals surface area contributed by atoms with Gasteiger partial charge in [-0.3, -0.25) is 4.79 Å². The number of hydrogen-bond acceptors (Lipinski definition) is 5. The molecule has 4 rings (SSSR count). The van der Waals surface area contributed by atoms with Gasteiger partial charge in [-0.15, -0.1) is 11.8 Å². The first-order valence-corrected chi connectivity index (χ1v) is 10.2. The van der Waals surface area contributed by atoms with Gasteiger partial charge in [0, 0.05) is 5.56 Å². The molecular weight excluding hydrogens is 386 g/mol. The highest BCUT2D eigenvalue weighted by Gasteiger charge is 2.34. The maximum Gasteiger partial charge on any atom is 0.238 e. The fourth-order valence-corrected chi connectivity index (χ4v) is 4.76. The lowest BCUT2D eigenvalue weighted by atomic mass is 10.0. The van der Waals surface area contributed by atoms with Crippen LogP contribution in [0.15, 0.2) is 48.5 Å². The Hall–Kier alpha value is -3.06. The number of aryl methyl sites for hydroxylation is 2. The Morgan fingerprint density at radius 2 is 1.76 bits per heavy atom. The van der Waals surface area contributed by atoms with E-state index < -0.39 is 5.97 Å². The number of carboxylic acids is 1. The molecule has 0 saturated heterocycles. The summed E-state index contributed by atoms with van der Waals surface area (Å²) >= 11 is 1.52. The number of nitrogens with one attached hydrogen (secondary N) is 1. The number of hydrogen-bond donors (Lipinski definition) is 1. The number of thioether (sulfide) groups is 1. The Kier molecular flexibility index (Phi) is 4.92. The molecule has 0 fully saturated rings. The Morgan fingerprint density at radius 1 is 1.10 bits per heavy atom. The van der Waals surface area contributed by atoms with Crippen LogP contribution in [-0.4, -0.2) is 26.9 Å². The summed E-state index contributed by atoms with van der Waals surface area (Å²) in [6, 6.07) is 14.6. The van der Waals surface area contributed by atoms with E-state index in [0.29, 0.717) is 5.82 Å².